The summed E-state index contributed by atoms with van der Waals surface area (Å²) in [4.78, 5) is 12.3. The van der Waals surface area contributed by atoms with Gasteiger partial charge in [-0.15, -0.1) is 20.4 Å². The Bertz CT molecular complexity index is 939. The largest absolute Gasteiger partial charge is 0.416 e. The highest BCUT2D eigenvalue weighted by Gasteiger charge is 2.21. The molecule has 4 rings (SSSR count). The van der Waals surface area contributed by atoms with Crippen LogP contribution in [0.5, 0.6) is 0 Å². The predicted molar refractivity (Wildman–Crippen MR) is 104 cm³/mol. The van der Waals surface area contributed by atoms with Crippen molar-refractivity contribution in [2.24, 2.45) is 0 Å². The summed E-state index contributed by atoms with van der Waals surface area (Å²) in [6.45, 7) is 2.54. The number of hydrogen-bond donors (Lipinski definition) is 1. The lowest BCUT2D eigenvalue weighted by molar-refractivity contribution is -0.119. The second kappa shape index (κ2) is 8.55. The van der Waals surface area contributed by atoms with E-state index in [0.717, 1.165) is 43.9 Å². The highest BCUT2D eigenvalue weighted by molar-refractivity contribution is 7.99. The fraction of sp³-hybridized carbons (Fsp3) is 0.421. The Hall–Kier alpha value is -2.68. The Morgan fingerprint density at radius 2 is 2.07 bits per heavy atom. The van der Waals surface area contributed by atoms with Gasteiger partial charge in [0.2, 0.25) is 11.8 Å². The summed E-state index contributed by atoms with van der Waals surface area (Å²) in [6.07, 6.45) is 3.30. The Kier molecular flexibility index (Phi) is 5.70. The lowest BCUT2D eigenvalue weighted by Gasteiger charge is -2.15. The molecule has 3 aromatic rings. The molecular weight excluding hydrogens is 376 g/mol. The molecule has 0 radical (unpaired) electrons. The van der Waals surface area contributed by atoms with Crippen LogP contribution in [0.15, 0.2) is 40.0 Å². The van der Waals surface area contributed by atoms with Crippen molar-refractivity contribution in [1.82, 2.24) is 30.3 Å². The number of aryl methyl sites for hydroxylation is 2. The van der Waals surface area contributed by atoms with Crippen LogP contribution < -0.4 is 5.32 Å². The van der Waals surface area contributed by atoms with E-state index in [4.69, 9.17) is 4.42 Å². The van der Waals surface area contributed by atoms with Gasteiger partial charge in [0.05, 0.1) is 5.75 Å². The molecule has 0 bridgehead atoms. The zero-order valence-corrected chi connectivity index (χ0v) is 16.5. The highest BCUT2D eigenvalue weighted by Crippen LogP contribution is 2.19. The maximum Gasteiger partial charge on any atom is 0.277 e. The van der Waals surface area contributed by atoms with E-state index in [9.17, 15) is 4.79 Å². The summed E-state index contributed by atoms with van der Waals surface area (Å²) >= 11 is 1.26. The van der Waals surface area contributed by atoms with Crippen LogP contribution in [0.2, 0.25) is 0 Å². The molecule has 8 nitrogen and oxygen atoms in total. The molecule has 1 aromatic carbocycles. The van der Waals surface area contributed by atoms with E-state index in [2.05, 4.69) is 42.4 Å². The lowest BCUT2D eigenvalue weighted by atomic mass is 10.1. The third-order valence-electron chi connectivity index (χ3n) is 4.73. The van der Waals surface area contributed by atoms with Gasteiger partial charge in [-0.2, -0.15) is 0 Å². The minimum Gasteiger partial charge on any atom is -0.416 e. The SMILES string of the molecule is Cc1nnc(SCC(=O)NC2CCc3nnc(Cc4ccccc4)n3CC2)o1. The first-order valence-corrected chi connectivity index (χ1v) is 10.3. The van der Waals surface area contributed by atoms with Crippen LogP contribution in [0, 0.1) is 6.92 Å². The summed E-state index contributed by atoms with van der Waals surface area (Å²) < 4.78 is 7.48. The minimum absolute atomic E-state index is 0.0203. The van der Waals surface area contributed by atoms with Gasteiger partial charge in [0.25, 0.3) is 5.22 Å². The summed E-state index contributed by atoms with van der Waals surface area (Å²) in [5, 5.41) is 20.0. The Labute approximate surface area is 167 Å². The number of nitrogens with one attached hydrogen (secondary N) is 1. The van der Waals surface area contributed by atoms with E-state index in [0.29, 0.717) is 11.1 Å². The van der Waals surface area contributed by atoms with Crippen molar-refractivity contribution in [3.8, 4) is 0 Å². The number of carbonyl (C=O) groups is 1. The molecule has 1 amide bonds. The van der Waals surface area contributed by atoms with Crippen molar-refractivity contribution in [2.75, 3.05) is 5.75 Å². The zero-order chi connectivity index (χ0) is 19.3. The number of rotatable bonds is 6. The number of benzene rings is 1. The van der Waals surface area contributed by atoms with Gasteiger partial charge in [-0.1, -0.05) is 42.1 Å². The zero-order valence-electron chi connectivity index (χ0n) is 15.7. The molecule has 2 aromatic heterocycles. The lowest BCUT2D eigenvalue weighted by Crippen LogP contribution is -2.36. The second-order valence-electron chi connectivity index (χ2n) is 6.81. The van der Waals surface area contributed by atoms with Gasteiger partial charge in [0.15, 0.2) is 0 Å². The van der Waals surface area contributed by atoms with Crippen LogP contribution in [0.1, 0.15) is 35.9 Å². The second-order valence-corrected chi connectivity index (χ2v) is 7.74. The molecule has 0 spiro atoms. The molecular formula is C19H22N6O2S. The number of fused-ring (bicyclic) bond motifs is 1. The fourth-order valence-electron chi connectivity index (χ4n) is 3.33. The van der Waals surface area contributed by atoms with Crippen molar-refractivity contribution in [3.05, 3.63) is 53.4 Å². The quantitative estimate of drug-likeness (QED) is 0.635. The molecule has 28 heavy (non-hydrogen) atoms. The standard InChI is InChI=1S/C19H22N6O2S/c1-13-21-24-19(27-13)28-12-18(26)20-15-7-8-16-22-23-17(25(16)10-9-15)11-14-5-3-2-4-6-14/h2-6,15H,7-12H2,1H3,(H,20,26). The van der Waals surface area contributed by atoms with Crippen molar-refractivity contribution in [1.29, 1.82) is 0 Å². The number of hydrogen-bond acceptors (Lipinski definition) is 7. The van der Waals surface area contributed by atoms with Crippen LogP contribution in [0.4, 0.5) is 0 Å². The first kappa shape index (κ1) is 18.7. The van der Waals surface area contributed by atoms with Gasteiger partial charge in [-0.25, -0.2) is 0 Å². The molecule has 1 atom stereocenters. The number of nitrogens with zero attached hydrogens (tertiary/aromatic N) is 5. The maximum atomic E-state index is 12.3. The Morgan fingerprint density at radius 1 is 1.21 bits per heavy atom. The van der Waals surface area contributed by atoms with E-state index in [1.165, 1.54) is 17.3 Å². The molecule has 0 aliphatic carbocycles. The number of amides is 1. The first-order chi connectivity index (χ1) is 13.7. The molecule has 1 unspecified atom stereocenters. The summed E-state index contributed by atoms with van der Waals surface area (Å²) in [5.74, 6) is 2.73. The van der Waals surface area contributed by atoms with E-state index >= 15 is 0 Å². The maximum absolute atomic E-state index is 12.3. The molecule has 9 heteroatoms. The highest BCUT2D eigenvalue weighted by atomic mass is 32.2. The Morgan fingerprint density at radius 3 is 2.86 bits per heavy atom. The van der Waals surface area contributed by atoms with E-state index in [1.807, 2.05) is 18.2 Å². The normalized spacial score (nSPS) is 16.4. The smallest absolute Gasteiger partial charge is 0.277 e. The van der Waals surface area contributed by atoms with Crippen molar-refractivity contribution >= 4 is 17.7 Å². The van der Waals surface area contributed by atoms with Crippen LogP contribution in [0.3, 0.4) is 0 Å². The number of aromatic nitrogens is 5. The van der Waals surface area contributed by atoms with Crippen LogP contribution in [0.25, 0.3) is 0 Å². The third kappa shape index (κ3) is 4.59. The third-order valence-corrected chi connectivity index (χ3v) is 5.54. The van der Waals surface area contributed by atoms with Crippen LogP contribution in [-0.2, 0) is 24.2 Å². The van der Waals surface area contributed by atoms with Crippen molar-refractivity contribution in [3.63, 3.8) is 0 Å². The summed E-state index contributed by atoms with van der Waals surface area (Å²) in [7, 11) is 0. The molecule has 1 N–H and O–H groups in total. The summed E-state index contributed by atoms with van der Waals surface area (Å²) in [5.41, 5.74) is 1.22. The minimum atomic E-state index is -0.0203. The topological polar surface area (TPSA) is 98.7 Å². The van der Waals surface area contributed by atoms with Crippen LogP contribution in [-0.4, -0.2) is 42.7 Å². The van der Waals surface area contributed by atoms with Gasteiger partial charge in [0.1, 0.15) is 11.6 Å². The van der Waals surface area contributed by atoms with Crippen molar-refractivity contribution < 1.29 is 9.21 Å². The molecule has 1 aliphatic heterocycles. The predicted octanol–water partition coefficient (Wildman–Crippen LogP) is 2.17. The first-order valence-electron chi connectivity index (χ1n) is 9.34. The average molecular weight is 398 g/mol. The molecule has 3 heterocycles. The van der Waals surface area contributed by atoms with E-state index in [1.54, 1.807) is 6.92 Å². The van der Waals surface area contributed by atoms with Crippen LogP contribution >= 0.6 is 11.8 Å². The molecule has 0 fully saturated rings. The Balaban J connectivity index is 1.31. The average Bonchev–Trinajstić information content (AvgIpc) is 3.23. The summed E-state index contributed by atoms with van der Waals surface area (Å²) in [6, 6.07) is 10.4. The van der Waals surface area contributed by atoms with Gasteiger partial charge in [-0.05, 0) is 18.4 Å². The van der Waals surface area contributed by atoms with Gasteiger partial charge >= 0.3 is 0 Å². The van der Waals surface area contributed by atoms with Gasteiger partial charge in [-0.3, -0.25) is 4.79 Å². The van der Waals surface area contributed by atoms with E-state index < -0.39 is 0 Å². The monoisotopic (exact) mass is 398 g/mol. The number of carbonyl (C=O) groups excluding carboxylic acids is 1. The molecule has 146 valence electrons. The van der Waals surface area contributed by atoms with Gasteiger partial charge in [0, 0.05) is 32.4 Å². The molecule has 0 saturated heterocycles. The van der Waals surface area contributed by atoms with Gasteiger partial charge < -0.3 is 14.3 Å². The van der Waals surface area contributed by atoms with E-state index in [-0.39, 0.29) is 17.7 Å². The number of thioether (sulfide) groups is 1. The molecule has 1 aliphatic rings. The van der Waals surface area contributed by atoms with Crippen molar-refractivity contribution in [2.45, 2.75) is 50.4 Å². The fourth-order valence-corrected chi connectivity index (χ4v) is 3.95. The molecule has 0 saturated carbocycles.